The Morgan fingerprint density at radius 1 is 1.09 bits per heavy atom. The van der Waals surface area contributed by atoms with E-state index in [1.165, 1.54) is 23.7 Å². The van der Waals surface area contributed by atoms with Crippen LogP contribution in [0, 0.1) is 0 Å². The highest BCUT2D eigenvalue weighted by Gasteiger charge is 2.29. The van der Waals surface area contributed by atoms with Crippen molar-refractivity contribution in [2.24, 2.45) is 0 Å². The predicted molar refractivity (Wildman–Crippen MR) is 123 cm³/mol. The minimum absolute atomic E-state index is 0.0794. The second-order valence-corrected chi connectivity index (χ2v) is 8.66. The third-order valence-electron chi connectivity index (χ3n) is 5.61. The van der Waals surface area contributed by atoms with E-state index in [1.54, 1.807) is 6.07 Å². The van der Waals surface area contributed by atoms with E-state index in [1.807, 2.05) is 30.3 Å². The fourth-order valence-electron chi connectivity index (χ4n) is 4.08. The lowest BCUT2D eigenvalue weighted by Crippen LogP contribution is -2.28. The molecule has 2 aromatic heterocycles. The van der Waals surface area contributed by atoms with Gasteiger partial charge >= 0.3 is 0 Å². The first-order valence-electron chi connectivity index (χ1n) is 10.1. The highest BCUT2D eigenvalue weighted by atomic mass is 32.1. The van der Waals surface area contributed by atoms with Gasteiger partial charge in [0.05, 0.1) is 29.6 Å². The van der Waals surface area contributed by atoms with Crippen molar-refractivity contribution in [1.29, 1.82) is 0 Å². The summed E-state index contributed by atoms with van der Waals surface area (Å²) in [5.41, 5.74) is 4.60. The number of carbonyl (C=O) groups excluding carboxylic acids is 1. The van der Waals surface area contributed by atoms with Crippen molar-refractivity contribution >= 4 is 39.0 Å². The average molecular weight is 443 g/mol. The number of fused-ring (bicyclic) bond motifs is 3. The Balaban J connectivity index is 1.44. The van der Waals surface area contributed by atoms with Crippen LogP contribution >= 0.6 is 11.3 Å². The molecular weight excluding hydrogens is 426 g/mol. The van der Waals surface area contributed by atoms with Gasteiger partial charge in [0.25, 0.3) is 5.91 Å². The maximum absolute atomic E-state index is 12.3. The Morgan fingerprint density at radius 2 is 1.94 bits per heavy atom. The molecule has 0 aliphatic carbocycles. The Hall–Kier alpha value is -3.91. The second kappa shape index (κ2) is 7.06. The van der Waals surface area contributed by atoms with Gasteiger partial charge in [-0.15, -0.1) is 0 Å². The summed E-state index contributed by atoms with van der Waals surface area (Å²) in [6, 6.07) is 12.9. The van der Waals surface area contributed by atoms with Crippen molar-refractivity contribution in [3.05, 3.63) is 81.8 Å². The van der Waals surface area contributed by atoms with Crippen LogP contribution in [0.4, 0.5) is 10.8 Å². The van der Waals surface area contributed by atoms with E-state index in [4.69, 9.17) is 14.1 Å². The van der Waals surface area contributed by atoms with Crippen molar-refractivity contribution in [3.8, 4) is 16.9 Å². The molecule has 8 heteroatoms. The topological polar surface area (TPSA) is 84.7 Å². The molecule has 32 heavy (non-hydrogen) atoms. The van der Waals surface area contributed by atoms with E-state index in [9.17, 15) is 9.59 Å². The predicted octanol–water partition coefficient (Wildman–Crippen LogP) is 4.25. The summed E-state index contributed by atoms with van der Waals surface area (Å²) in [6.07, 6.45) is 1.94. The van der Waals surface area contributed by atoms with Crippen molar-refractivity contribution in [2.45, 2.75) is 6.42 Å². The zero-order valence-corrected chi connectivity index (χ0v) is 17.7. The van der Waals surface area contributed by atoms with Gasteiger partial charge in [-0.3, -0.25) is 9.59 Å². The van der Waals surface area contributed by atoms with Crippen LogP contribution in [0.3, 0.4) is 0 Å². The summed E-state index contributed by atoms with van der Waals surface area (Å²) < 4.78 is 11.3. The van der Waals surface area contributed by atoms with Crippen LogP contribution in [0.5, 0.6) is 5.75 Å². The molecule has 1 amide bonds. The number of aromatic nitrogens is 1. The van der Waals surface area contributed by atoms with Crippen molar-refractivity contribution < 1.29 is 13.9 Å². The molecule has 0 radical (unpaired) electrons. The Morgan fingerprint density at radius 3 is 2.84 bits per heavy atom. The van der Waals surface area contributed by atoms with Crippen molar-refractivity contribution in [1.82, 2.24) is 10.3 Å². The molecule has 2 aromatic carbocycles. The number of hydrogen-bond acceptors (Lipinski definition) is 7. The zero-order valence-electron chi connectivity index (χ0n) is 16.9. The highest BCUT2D eigenvalue weighted by molar-refractivity contribution is 7.17. The molecule has 7 nitrogen and oxygen atoms in total. The van der Waals surface area contributed by atoms with E-state index in [0.717, 1.165) is 33.4 Å². The van der Waals surface area contributed by atoms with E-state index in [-0.39, 0.29) is 11.3 Å². The number of nitrogens with zero attached hydrogens (tertiary/aromatic N) is 2. The van der Waals surface area contributed by atoms with Gasteiger partial charge in [-0.1, -0.05) is 30.0 Å². The van der Waals surface area contributed by atoms with E-state index < -0.39 is 0 Å². The summed E-state index contributed by atoms with van der Waals surface area (Å²) in [6.45, 7) is 5.00. The van der Waals surface area contributed by atoms with Crippen LogP contribution in [0.15, 0.2) is 70.2 Å². The third kappa shape index (κ3) is 2.99. The van der Waals surface area contributed by atoms with Gasteiger partial charge in [-0.25, -0.2) is 4.98 Å². The smallest absolute Gasteiger partial charge is 0.267 e. The molecule has 0 saturated carbocycles. The van der Waals surface area contributed by atoms with E-state index >= 15 is 0 Å². The number of amides is 1. The minimum Gasteiger partial charge on any atom is -0.490 e. The first-order valence-corrected chi connectivity index (χ1v) is 10.9. The Kier molecular flexibility index (Phi) is 4.16. The number of carbonyl (C=O) groups is 1. The van der Waals surface area contributed by atoms with Crippen LogP contribution in [0.1, 0.15) is 15.4 Å². The Bertz CT molecular complexity index is 1490. The molecule has 0 atom stereocenters. The fourth-order valence-corrected chi connectivity index (χ4v) is 5.09. The maximum Gasteiger partial charge on any atom is 0.267 e. The molecule has 1 N–H and O–H groups in total. The van der Waals surface area contributed by atoms with Gasteiger partial charge < -0.3 is 19.4 Å². The van der Waals surface area contributed by atoms with Gasteiger partial charge in [0.2, 0.25) is 0 Å². The number of rotatable bonds is 2. The largest absolute Gasteiger partial charge is 0.490 e. The van der Waals surface area contributed by atoms with Crippen LogP contribution in [0.2, 0.25) is 0 Å². The van der Waals surface area contributed by atoms with Gasteiger partial charge in [-0.05, 0) is 35.4 Å². The lowest BCUT2D eigenvalue weighted by atomic mass is 10.0. The van der Waals surface area contributed by atoms with E-state index in [2.05, 4.69) is 16.8 Å². The first kappa shape index (κ1) is 18.8. The molecule has 0 fully saturated rings. The number of hydrogen-bond donors (Lipinski definition) is 1. The Labute approximate surface area is 186 Å². The molecule has 6 rings (SSSR count). The molecule has 0 bridgehead atoms. The van der Waals surface area contributed by atoms with Gasteiger partial charge in [0, 0.05) is 18.2 Å². The molecule has 0 saturated heterocycles. The lowest BCUT2D eigenvalue weighted by Gasteiger charge is -2.29. The molecule has 2 aliphatic heterocycles. The number of nitrogens with one attached hydrogen (secondary N) is 1. The molecule has 0 unspecified atom stereocenters. The van der Waals surface area contributed by atoms with Crippen molar-refractivity contribution in [2.75, 3.05) is 18.1 Å². The summed E-state index contributed by atoms with van der Waals surface area (Å²) in [4.78, 5) is 32.0. The van der Waals surface area contributed by atoms with Crippen LogP contribution < -0.4 is 20.4 Å². The van der Waals surface area contributed by atoms with Crippen LogP contribution in [-0.4, -0.2) is 24.0 Å². The summed E-state index contributed by atoms with van der Waals surface area (Å²) in [5, 5.41) is 4.07. The number of benzene rings is 2. The van der Waals surface area contributed by atoms with Gasteiger partial charge in [0.1, 0.15) is 22.8 Å². The van der Waals surface area contributed by atoms with Crippen LogP contribution in [0.25, 0.3) is 22.1 Å². The summed E-state index contributed by atoms with van der Waals surface area (Å²) in [7, 11) is 0. The number of allylic oxidation sites excluding steroid dienone is 1. The quantitative estimate of drug-likeness (QED) is 0.499. The average Bonchev–Trinajstić information content (AvgIpc) is 3.23. The second-order valence-electron chi connectivity index (χ2n) is 7.69. The van der Waals surface area contributed by atoms with Gasteiger partial charge in [0.15, 0.2) is 10.6 Å². The molecule has 2 aliphatic rings. The third-order valence-corrected chi connectivity index (χ3v) is 6.73. The van der Waals surface area contributed by atoms with E-state index in [0.29, 0.717) is 41.1 Å². The SMILES string of the molecule is C=C1Cc2nc(N3CCOc4ccc(-c5ccc6occc(=O)c6c5)cc43)sc2C(=O)N1. The summed E-state index contributed by atoms with van der Waals surface area (Å²) in [5.74, 6) is 0.597. The summed E-state index contributed by atoms with van der Waals surface area (Å²) >= 11 is 1.37. The minimum atomic E-state index is -0.155. The zero-order chi connectivity index (χ0) is 21.8. The standard InChI is InChI=1S/C24H17N3O4S/c1-13-10-17-22(23(29)25-13)32-24(26-17)27-7-9-31-21-5-3-15(12-18(21)27)14-2-4-20-16(11-14)19(28)6-8-30-20/h2-6,8,11-12H,1,7,9-10H2,(H,25,29). The van der Waals surface area contributed by atoms with Gasteiger partial charge in [-0.2, -0.15) is 0 Å². The van der Waals surface area contributed by atoms with Crippen molar-refractivity contribution in [3.63, 3.8) is 0 Å². The lowest BCUT2D eigenvalue weighted by molar-refractivity contribution is 0.0963. The molecule has 4 heterocycles. The first-order chi connectivity index (χ1) is 15.6. The number of anilines is 2. The highest BCUT2D eigenvalue weighted by Crippen LogP contribution is 2.42. The van der Waals surface area contributed by atoms with Crippen LogP contribution in [-0.2, 0) is 6.42 Å². The maximum atomic E-state index is 12.3. The molecule has 4 aromatic rings. The molecule has 0 spiro atoms. The molecular formula is C24H17N3O4S. The normalized spacial score (nSPS) is 15.2. The fraction of sp³-hybridized carbons (Fsp3) is 0.125. The number of ether oxygens (including phenoxy) is 1. The molecule has 158 valence electrons. The number of thiazole rings is 1. The monoisotopic (exact) mass is 443 g/mol.